The molecule has 1 saturated heterocycles. The highest BCUT2D eigenvalue weighted by molar-refractivity contribution is 5.82. The van der Waals surface area contributed by atoms with Gasteiger partial charge in [-0.25, -0.2) is 4.98 Å². The van der Waals surface area contributed by atoms with E-state index < -0.39 is 12.0 Å². The van der Waals surface area contributed by atoms with Crippen molar-refractivity contribution in [3.63, 3.8) is 0 Å². The Balaban J connectivity index is 1.51. The van der Waals surface area contributed by atoms with Crippen LogP contribution in [0.5, 0.6) is 5.75 Å². The molecule has 40 heavy (non-hydrogen) atoms. The molecule has 1 aliphatic heterocycles. The van der Waals surface area contributed by atoms with Crippen LogP contribution >= 0.6 is 0 Å². The summed E-state index contributed by atoms with van der Waals surface area (Å²) in [5, 5.41) is 10.1. The van der Waals surface area contributed by atoms with Crippen molar-refractivity contribution in [2.45, 2.75) is 66.0 Å². The van der Waals surface area contributed by atoms with Gasteiger partial charge in [0.15, 0.2) is 0 Å². The van der Waals surface area contributed by atoms with Gasteiger partial charge in [0.1, 0.15) is 11.6 Å². The molecule has 218 valence electrons. The fourth-order valence-corrected chi connectivity index (χ4v) is 5.20. The maximum atomic E-state index is 12.4. The Bertz CT molecular complexity index is 1330. The first-order valence-electron chi connectivity index (χ1n) is 14.4. The molecule has 2 aromatic heterocycles. The van der Waals surface area contributed by atoms with E-state index in [-0.39, 0.29) is 17.4 Å². The molecule has 3 heterocycles. The number of hydrogen-bond acceptors (Lipinski definition) is 7. The van der Waals surface area contributed by atoms with Crippen LogP contribution in [0.2, 0.25) is 0 Å². The molecule has 0 radical (unpaired) electrons. The molecule has 1 fully saturated rings. The summed E-state index contributed by atoms with van der Waals surface area (Å²) in [4.78, 5) is 29.7. The van der Waals surface area contributed by atoms with E-state index in [0.29, 0.717) is 43.3 Å². The van der Waals surface area contributed by atoms with Crippen LogP contribution in [0.25, 0.3) is 22.4 Å². The number of aryl methyl sites for hydroxylation is 2. The third-order valence-corrected chi connectivity index (χ3v) is 7.49. The van der Waals surface area contributed by atoms with Crippen LogP contribution in [0.4, 0.5) is 0 Å². The molecule has 1 aliphatic rings. The second-order valence-corrected chi connectivity index (χ2v) is 11.4. The number of hydrogen-bond donors (Lipinski definition) is 1. The lowest BCUT2D eigenvalue weighted by Crippen LogP contribution is -2.29. The summed E-state index contributed by atoms with van der Waals surface area (Å²) in [5.41, 5.74) is 3.40. The Labute approximate surface area is 236 Å². The number of imidazole rings is 1. The molecule has 9 heteroatoms. The summed E-state index contributed by atoms with van der Waals surface area (Å²) in [7, 11) is 1.77. The van der Waals surface area contributed by atoms with Crippen LogP contribution in [-0.4, -0.2) is 57.7 Å². The first kappa shape index (κ1) is 29.8. The summed E-state index contributed by atoms with van der Waals surface area (Å²) < 4.78 is 20.8. The van der Waals surface area contributed by atoms with Crippen LogP contribution in [0.15, 0.2) is 35.3 Å². The van der Waals surface area contributed by atoms with Crippen molar-refractivity contribution in [2.75, 3.05) is 26.4 Å². The van der Waals surface area contributed by atoms with E-state index in [0.717, 1.165) is 55.0 Å². The van der Waals surface area contributed by atoms with E-state index in [4.69, 9.17) is 19.2 Å². The normalized spacial score (nSPS) is 15.9. The van der Waals surface area contributed by atoms with E-state index in [9.17, 15) is 14.7 Å². The van der Waals surface area contributed by atoms with Crippen molar-refractivity contribution in [3.05, 3.63) is 46.4 Å². The van der Waals surface area contributed by atoms with Gasteiger partial charge in [0, 0.05) is 50.2 Å². The minimum Gasteiger partial charge on any atom is -0.494 e. The van der Waals surface area contributed by atoms with Crippen molar-refractivity contribution in [3.8, 4) is 17.1 Å². The summed E-state index contributed by atoms with van der Waals surface area (Å²) in [6, 6.07) is 7.84. The van der Waals surface area contributed by atoms with Crippen LogP contribution in [0, 0.1) is 24.7 Å². The molecule has 0 saturated carbocycles. The number of pyridine rings is 1. The van der Waals surface area contributed by atoms with Crippen LogP contribution < -0.4 is 10.3 Å². The Hall–Kier alpha value is -3.17. The van der Waals surface area contributed by atoms with Gasteiger partial charge in [-0.1, -0.05) is 13.8 Å². The molecule has 4 rings (SSSR count). The van der Waals surface area contributed by atoms with Crippen molar-refractivity contribution < 1.29 is 24.1 Å². The fourth-order valence-electron chi connectivity index (χ4n) is 5.20. The Morgan fingerprint density at radius 1 is 1.20 bits per heavy atom. The zero-order valence-corrected chi connectivity index (χ0v) is 24.4. The summed E-state index contributed by atoms with van der Waals surface area (Å²) in [5.74, 6) is 1.33. The third-order valence-electron chi connectivity index (χ3n) is 7.49. The zero-order valence-electron chi connectivity index (χ0n) is 24.4. The molecule has 1 unspecified atom stereocenters. The smallest absolute Gasteiger partial charge is 0.311 e. The predicted octanol–water partition coefficient (Wildman–Crippen LogP) is 4.49. The highest BCUT2D eigenvalue weighted by Crippen LogP contribution is 2.30. The molecule has 9 nitrogen and oxygen atoms in total. The summed E-state index contributed by atoms with van der Waals surface area (Å²) in [6.45, 7) is 10.5. The number of aliphatic hydroxyl groups is 1. The number of benzene rings is 1. The van der Waals surface area contributed by atoms with E-state index in [2.05, 4.69) is 4.57 Å². The lowest BCUT2D eigenvalue weighted by molar-refractivity contribution is -0.153. The average molecular weight is 554 g/mol. The minimum absolute atomic E-state index is 0.0162. The van der Waals surface area contributed by atoms with Crippen molar-refractivity contribution in [1.82, 2.24) is 14.1 Å². The minimum atomic E-state index is -0.782. The van der Waals surface area contributed by atoms with Gasteiger partial charge in [0.25, 0.3) is 5.56 Å². The van der Waals surface area contributed by atoms with Crippen LogP contribution in [0.3, 0.4) is 0 Å². The maximum absolute atomic E-state index is 12.4. The lowest BCUT2D eigenvalue weighted by Gasteiger charge is -2.23. The number of rotatable bonds is 12. The first-order chi connectivity index (χ1) is 19.1. The van der Waals surface area contributed by atoms with Crippen molar-refractivity contribution >= 4 is 17.0 Å². The first-order valence-corrected chi connectivity index (χ1v) is 14.4. The molecule has 3 aromatic rings. The Kier molecular flexibility index (Phi) is 10.0. The zero-order chi connectivity index (χ0) is 28.8. The van der Waals surface area contributed by atoms with Crippen LogP contribution in [-0.2, 0) is 27.9 Å². The number of fused-ring (bicyclic) bond motifs is 1. The second kappa shape index (κ2) is 13.5. The number of carbonyl (C=O) groups is 1. The molecule has 0 bridgehead atoms. The van der Waals surface area contributed by atoms with Crippen LogP contribution in [0.1, 0.15) is 52.0 Å². The highest BCUT2D eigenvalue weighted by atomic mass is 16.5. The third kappa shape index (κ3) is 7.31. The Morgan fingerprint density at radius 3 is 2.62 bits per heavy atom. The molecule has 0 aliphatic carbocycles. The molecule has 0 amide bonds. The van der Waals surface area contributed by atoms with Gasteiger partial charge in [-0.3, -0.25) is 9.59 Å². The number of ether oxygens (including phenoxy) is 3. The Morgan fingerprint density at radius 2 is 1.95 bits per heavy atom. The predicted molar refractivity (Wildman–Crippen MR) is 154 cm³/mol. The SMILES string of the molecule is Cc1cc(-c2nc3cc(OCCC[C@H](C(=O)OCC(C)C)C(C)O)ccc3n2CC2CCOCC2)cn(C)c1=O. The second-order valence-electron chi connectivity index (χ2n) is 11.4. The largest absolute Gasteiger partial charge is 0.494 e. The van der Waals surface area contributed by atoms with Gasteiger partial charge in [-0.2, -0.15) is 0 Å². The monoisotopic (exact) mass is 553 g/mol. The molecule has 0 spiro atoms. The summed E-state index contributed by atoms with van der Waals surface area (Å²) >= 11 is 0. The fraction of sp³-hybridized carbons (Fsp3) is 0.581. The number of aromatic nitrogens is 3. The van der Waals surface area contributed by atoms with Gasteiger partial charge < -0.3 is 28.5 Å². The van der Waals surface area contributed by atoms with E-state index in [1.807, 2.05) is 51.2 Å². The van der Waals surface area contributed by atoms with E-state index in [1.165, 1.54) is 0 Å². The van der Waals surface area contributed by atoms with Gasteiger partial charge in [-0.15, -0.1) is 0 Å². The highest BCUT2D eigenvalue weighted by Gasteiger charge is 2.25. The van der Waals surface area contributed by atoms with E-state index in [1.54, 1.807) is 18.5 Å². The number of esters is 1. The quantitative estimate of drug-likeness (QED) is 0.260. The van der Waals surface area contributed by atoms with Gasteiger partial charge in [0.2, 0.25) is 0 Å². The average Bonchev–Trinajstić information content (AvgIpc) is 3.27. The topological polar surface area (TPSA) is 105 Å². The lowest BCUT2D eigenvalue weighted by atomic mass is 9.98. The molecular formula is C31H43N3O6. The number of aliphatic hydroxyl groups excluding tert-OH is 1. The molecule has 2 atom stereocenters. The van der Waals surface area contributed by atoms with Crippen molar-refractivity contribution in [2.24, 2.45) is 24.8 Å². The van der Waals surface area contributed by atoms with E-state index >= 15 is 0 Å². The van der Waals surface area contributed by atoms with Crippen molar-refractivity contribution in [1.29, 1.82) is 0 Å². The molecule has 1 N–H and O–H groups in total. The molecular weight excluding hydrogens is 510 g/mol. The van der Waals surface area contributed by atoms with Gasteiger partial charge in [-0.05, 0) is 69.6 Å². The van der Waals surface area contributed by atoms with Gasteiger partial charge >= 0.3 is 5.97 Å². The number of carbonyl (C=O) groups excluding carboxylic acids is 1. The maximum Gasteiger partial charge on any atom is 0.311 e. The summed E-state index contributed by atoms with van der Waals surface area (Å²) in [6.07, 6.45) is 4.16. The standard InChI is InChI=1S/C31H43N3O6/c1-20(2)19-40-31(37)26(22(4)35)7-6-12-39-25-8-9-28-27(16-25)32-29(24-15-21(3)30(36)33(5)18-24)34(28)17-23-10-13-38-14-11-23/h8-9,15-16,18,20,22-23,26,35H,6-7,10-14,17,19H2,1-5H3/t22?,26-/m0/s1. The molecule has 1 aromatic carbocycles. The number of nitrogens with zero attached hydrogens (tertiary/aromatic N) is 3. The van der Waals surface area contributed by atoms with Gasteiger partial charge in [0.05, 0.1) is 36.3 Å².